The molecule has 2 N–H and O–H groups in total. The van der Waals surface area contributed by atoms with Crippen molar-refractivity contribution in [1.82, 2.24) is 10.5 Å². The second-order valence-electron chi connectivity index (χ2n) is 5.44. The van der Waals surface area contributed by atoms with Crippen molar-refractivity contribution in [3.8, 4) is 11.3 Å². The van der Waals surface area contributed by atoms with E-state index in [1.54, 1.807) is 13.8 Å². The summed E-state index contributed by atoms with van der Waals surface area (Å²) in [5.41, 5.74) is 0.791. The third kappa shape index (κ3) is 3.90. The van der Waals surface area contributed by atoms with Gasteiger partial charge < -0.3 is 14.9 Å². The summed E-state index contributed by atoms with van der Waals surface area (Å²) in [6.07, 6.45) is 1.91. The molecule has 0 aliphatic carbocycles. The van der Waals surface area contributed by atoms with Crippen LogP contribution in [0.1, 0.15) is 23.0 Å². The van der Waals surface area contributed by atoms with Crippen LogP contribution < -0.4 is 5.32 Å². The van der Waals surface area contributed by atoms with Crippen LogP contribution in [0.15, 0.2) is 34.9 Å². The van der Waals surface area contributed by atoms with Gasteiger partial charge in [-0.3, -0.25) is 4.79 Å². The normalized spacial score (nSPS) is 13.6. The summed E-state index contributed by atoms with van der Waals surface area (Å²) in [7, 11) is 0. The van der Waals surface area contributed by atoms with Crippen LogP contribution in [0.25, 0.3) is 11.3 Å². The standard InChI is InChI=1S/C16H20N2O3S/c1-11-13(15(19)17-9-16(2,20)10-22-3)14(18-21-11)12-7-5-4-6-8-12/h4-8,20H,9-10H2,1-3H3,(H,17,19). The third-order valence-electron chi connectivity index (χ3n) is 3.22. The van der Waals surface area contributed by atoms with Crippen molar-refractivity contribution in [1.29, 1.82) is 0 Å². The van der Waals surface area contributed by atoms with Crippen LogP contribution in [-0.4, -0.2) is 40.3 Å². The fourth-order valence-electron chi connectivity index (χ4n) is 2.15. The molecule has 0 fully saturated rings. The second-order valence-corrected chi connectivity index (χ2v) is 6.31. The van der Waals surface area contributed by atoms with Crippen molar-refractivity contribution in [2.24, 2.45) is 0 Å². The Labute approximate surface area is 134 Å². The molecule has 0 aliphatic heterocycles. The second kappa shape index (κ2) is 6.98. The average molecular weight is 320 g/mol. The third-order valence-corrected chi connectivity index (χ3v) is 4.13. The molecule has 1 unspecified atom stereocenters. The zero-order valence-corrected chi connectivity index (χ0v) is 13.7. The summed E-state index contributed by atoms with van der Waals surface area (Å²) in [5, 5.41) is 16.9. The zero-order valence-electron chi connectivity index (χ0n) is 12.9. The number of benzene rings is 1. The van der Waals surface area contributed by atoms with E-state index in [4.69, 9.17) is 4.52 Å². The molecular formula is C16H20N2O3S. The molecule has 0 bridgehead atoms. The number of carbonyl (C=O) groups is 1. The van der Waals surface area contributed by atoms with Gasteiger partial charge in [0, 0.05) is 17.9 Å². The molecule has 0 spiro atoms. The van der Waals surface area contributed by atoms with Gasteiger partial charge in [0.2, 0.25) is 0 Å². The lowest BCUT2D eigenvalue weighted by Gasteiger charge is -2.22. The van der Waals surface area contributed by atoms with Crippen LogP contribution in [0, 0.1) is 6.92 Å². The maximum absolute atomic E-state index is 12.4. The molecule has 5 nitrogen and oxygen atoms in total. The summed E-state index contributed by atoms with van der Waals surface area (Å²) < 4.78 is 5.17. The van der Waals surface area contributed by atoms with E-state index in [0.29, 0.717) is 22.8 Å². The number of hydrogen-bond donors (Lipinski definition) is 2. The van der Waals surface area contributed by atoms with Crippen molar-refractivity contribution in [3.05, 3.63) is 41.7 Å². The molecular weight excluding hydrogens is 300 g/mol. The molecule has 0 aliphatic rings. The highest BCUT2D eigenvalue weighted by Crippen LogP contribution is 2.25. The number of carbonyl (C=O) groups excluding carboxylic acids is 1. The fraction of sp³-hybridized carbons (Fsp3) is 0.375. The van der Waals surface area contributed by atoms with Crippen molar-refractivity contribution < 1.29 is 14.4 Å². The fourth-order valence-corrected chi connectivity index (χ4v) is 2.88. The van der Waals surface area contributed by atoms with Crippen LogP contribution in [0.4, 0.5) is 0 Å². The number of aryl methyl sites for hydroxylation is 1. The highest BCUT2D eigenvalue weighted by Gasteiger charge is 2.25. The highest BCUT2D eigenvalue weighted by molar-refractivity contribution is 7.98. The number of aromatic nitrogens is 1. The summed E-state index contributed by atoms with van der Waals surface area (Å²) >= 11 is 1.53. The first kappa shape index (κ1) is 16.6. The average Bonchev–Trinajstić information content (AvgIpc) is 2.88. The summed E-state index contributed by atoms with van der Waals surface area (Å²) in [4.78, 5) is 12.4. The molecule has 0 radical (unpaired) electrons. The Morgan fingerprint density at radius 3 is 2.73 bits per heavy atom. The van der Waals surface area contributed by atoms with Crippen LogP contribution in [-0.2, 0) is 0 Å². The molecule has 2 rings (SSSR count). The van der Waals surface area contributed by atoms with Crippen LogP contribution in [0.3, 0.4) is 0 Å². The minimum absolute atomic E-state index is 0.172. The van der Waals surface area contributed by atoms with Gasteiger partial charge in [0.05, 0.1) is 5.60 Å². The Morgan fingerprint density at radius 2 is 2.09 bits per heavy atom. The minimum atomic E-state index is -0.951. The molecule has 1 amide bonds. The molecule has 1 heterocycles. The molecule has 1 aromatic heterocycles. The van der Waals surface area contributed by atoms with E-state index in [1.165, 1.54) is 11.8 Å². The number of thioether (sulfide) groups is 1. The van der Waals surface area contributed by atoms with Crippen molar-refractivity contribution in [2.45, 2.75) is 19.4 Å². The van der Waals surface area contributed by atoms with Gasteiger partial charge in [-0.1, -0.05) is 35.5 Å². The predicted molar refractivity (Wildman–Crippen MR) is 88.0 cm³/mol. The Morgan fingerprint density at radius 1 is 1.41 bits per heavy atom. The molecule has 1 aromatic carbocycles. The molecule has 118 valence electrons. The number of rotatable bonds is 6. The van der Waals surface area contributed by atoms with Gasteiger partial charge in [0.1, 0.15) is 17.0 Å². The van der Waals surface area contributed by atoms with Crippen LogP contribution in [0.2, 0.25) is 0 Å². The minimum Gasteiger partial charge on any atom is -0.387 e. The lowest BCUT2D eigenvalue weighted by atomic mass is 10.1. The van der Waals surface area contributed by atoms with E-state index in [2.05, 4.69) is 10.5 Å². The van der Waals surface area contributed by atoms with Crippen molar-refractivity contribution >= 4 is 17.7 Å². The number of nitrogens with zero attached hydrogens (tertiary/aromatic N) is 1. The Balaban J connectivity index is 2.19. The lowest BCUT2D eigenvalue weighted by Crippen LogP contribution is -2.42. The van der Waals surface area contributed by atoms with Crippen LogP contribution in [0.5, 0.6) is 0 Å². The number of aliphatic hydroxyl groups is 1. The van der Waals surface area contributed by atoms with Gasteiger partial charge in [-0.25, -0.2) is 0 Å². The predicted octanol–water partition coefficient (Wildman–Crippen LogP) is 2.49. The van der Waals surface area contributed by atoms with E-state index in [-0.39, 0.29) is 12.5 Å². The maximum atomic E-state index is 12.4. The highest BCUT2D eigenvalue weighted by atomic mass is 32.2. The molecule has 1 atom stereocenters. The van der Waals surface area contributed by atoms with Gasteiger partial charge in [-0.2, -0.15) is 11.8 Å². The van der Waals surface area contributed by atoms with Gasteiger partial charge in [0.15, 0.2) is 0 Å². The first-order chi connectivity index (χ1) is 10.4. The van der Waals surface area contributed by atoms with Gasteiger partial charge in [-0.05, 0) is 20.1 Å². The Hall–Kier alpha value is -1.79. The SMILES string of the molecule is CSCC(C)(O)CNC(=O)c1c(-c2ccccc2)noc1C. The monoisotopic (exact) mass is 320 g/mol. The summed E-state index contributed by atoms with van der Waals surface area (Å²) in [6.45, 7) is 3.57. The smallest absolute Gasteiger partial charge is 0.257 e. The van der Waals surface area contributed by atoms with E-state index < -0.39 is 5.60 Å². The molecule has 0 saturated carbocycles. The quantitative estimate of drug-likeness (QED) is 0.855. The van der Waals surface area contributed by atoms with Crippen molar-refractivity contribution in [2.75, 3.05) is 18.6 Å². The van der Waals surface area contributed by atoms with E-state index in [1.807, 2.05) is 36.6 Å². The largest absolute Gasteiger partial charge is 0.387 e. The summed E-state index contributed by atoms with van der Waals surface area (Å²) in [5.74, 6) is 0.710. The summed E-state index contributed by atoms with van der Waals surface area (Å²) in [6, 6.07) is 9.40. The van der Waals surface area contributed by atoms with E-state index in [0.717, 1.165) is 5.56 Å². The number of nitrogens with one attached hydrogen (secondary N) is 1. The van der Waals surface area contributed by atoms with Gasteiger partial charge in [-0.15, -0.1) is 0 Å². The molecule has 2 aromatic rings. The molecule has 22 heavy (non-hydrogen) atoms. The molecule has 6 heteroatoms. The molecule has 0 saturated heterocycles. The Kier molecular flexibility index (Phi) is 5.26. The first-order valence-electron chi connectivity index (χ1n) is 6.96. The van der Waals surface area contributed by atoms with Crippen molar-refractivity contribution in [3.63, 3.8) is 0 Å². The maximum Gasteiger partial charge on any atom is 0.257 e. The zero-order chi connectivity index (χ0) is 16.2. The number of amides is 1. The van der Waals surface area contributed by atoms with Crippen LogP contribution >= 0.6 is 11.8 Å². The number of hydrogen-bond acceptors (Lipinski definition) is 5. The topological polar surface area (TPSA) is 75.4 Å². The van der Waals surface area contributed by atoms with E-state index >= 15 is 0 Å². The van der Waals surface area contributed by atoms with E-state index in [9.17, 15) is 9.90 Å². The first-order valence-corrected chi connectivity index (χ1v) is 8.35. The Bertz CT molecular complexity index is 638. The lowest BCUT2D eigenvalue weighted by molar-refractivity contribution is 0.0724. The van der Waals surface area contributed by atoms with Gasteiger partial charge in [0.25, 0.3) is 5.91 Å². The van der Waals surface area contributed by atoms with Gasteiger partial charge >= 0.3 is 0 Å².